The van der Waals surface area contributed by atoms with Gasteiger partial charge < -0.3 is 0 Å². The summed E-state index contributed by atoms with van der Waals surface area (Å²) in [6.45, 7) is 1.85. The number of benzene rings is 1. The smallest absolute Gasteiger partial charge is 0.123 e. The molecule has 0 aliphatic rings. The van der Waals surface area contributed by atoms with Crippen LogP contribution in [-0.4, -0.2) is 9.97 Å². The normalized spacial score (nSPS) is 13.8. The van der Waals surface area contributed by atoms with Gasteiger partial charge in [-0.05, 0) is 12.5 Å². The Morgan fingerprint density at radius 1 is 1.19 bits per heavy atom. The predicted molar refractivity (Wildman–Crippen MR) is 60.5 cm³/mol. The average molecular weight is 209 g/mol. The fourth-order valence-electron chi connectivity index (χ4n) is 1.60. The predicted octanol–water partition coefficient (Wildman–Crippen LogP) is 2.31. The highest BCUT2D eigenvalue weighted by molar-refractivity contribution is 5.40. The molecule has 3 nitrogen and oxygen atoms in total. The van der Waals surface area contributed by atoms with Crippen molar-refractivity contribution in [2.24, 2.45) is 0 Å². The molecule has 1 heterocycles. The molecule has 1 unspecified atom stereocenters. The molecule has 2 rings (SSSR count). The SMILES string of the molecule is CC(C#N)(c1ccccc1)c1cnccn1. The van der Waals surface area contributed by atoms with Crippen LogP contribution in [0.5, 0.6) is 0 Å². The highest BCUT2D eigenvalue weighted by atomic mass is 14.8. The van der Waals surface area contributed by atoms with E-state index in [1.54, 1.807) is 18.6 Å². The zero-order valence-corrected chi connectivity index (χ0v) is 8.96. The molecular formula is C13H11N3. The third-order valence-corrected chi connectivity index (χ3v) is 2.65. The highest BCUT2D eigenvalue weighted by Gasteiger charge is 2.30. The first-order valence-electron chi connectivity index (χ1n) is 5.00. The molecule has 3 heteroatoms. The molecular weight excluding hydrogens is 198 g/mol. The molecule has 0 spiro atoms. The van der Waals surface area contributed by atoms with Crippen LogP contribution in [0.3, 0.4) is 0 Å². The van der Waals surface area contributed by atoms with Crippen molar-refractivity contribution in [2.45, 2.75) is 12.3 Å². The van der Waals surface area contributed by atoms with E-state index >= 15 is 0 Å². The number of hydrogen-bond acceptors (Lipinski definition) is 3. The molecule has 0 fully saturated rings. The van der Waals surface area contributed by atoms with Crippen molar-refractivity contribution >= 4 is 0 Å². The van der Waals surface area contributed by atoms with Crippen molar-refractivity contribution in [3.8, 4) is 6.07 Å². The zero-order chi connectivity index (χ0) is 11.4. The van der Waals surface area contributed by atoms with Crippen molar-refractivity contribution in [1.82, 2.24) is 9.97 Å². The van der Waals surface area contributed by atoms with Crippen molar-refractivity contribution in [3.63, 3.8) is 0 Å². The van der Waals surface area contributed by atoms with E-state index in [2.05, 4.69) is 16.0 Å². The Balaban J connectivity index is 2.55. The third-order valence-electron chi connectivity index (χ3n) is 2.65. The molecule has 0 aliphatic heterocycles. The Labute approximate surface area is 94.4 Å². The van der Waals surface area contributed by atoms with Crippen LogP contribution in [0.1, 0.15) is 18.2 Å². The van der Waals surface area contributed by atoms with E-state index in [1.165, 1.54) is 0 Å². The van der Waals surface area contributed by atoms with Crippen LogP contribution < -0.4 is 0 Å². The van der Waals surface area contributed by atoms with Crippen LogP contribution in [0.15, 0.2) is 48.9 Å². The maximum atomic E-state index is 9.37. The van der Waals surface area contributed by atoms with E-state index in [1.807, 2.05) is 37.3 Å². The van der Waals surface area contributed by atoms with Crippen molar-refractivity contribution < 1.29 is 0 Å². The second kappa shape index (κ2) is 4.11. The molecule has 1 aromatic carbocycles. The Morgan fingerprint density at radius 3 is 2.50 bits per heavy atom. The minimum atomic E-state index is -0.741. The maximum absolute atomic E-state index is 9.37. The van der Waals surface area contributed by atoms with Gasteiger partial charge in [0.2, 0.25) is 0 Å². The summed E-state index contributed by atoms with van der Waals surface area (Å²) in [6.07, 6.45) is 4.84. The fraction of sp³-hybridized carbons (Fsp3) is 0.154. The first-order chi connectivity index (χ1) is 7.77. The monoisotopic (exact) mass is 209 g/mol. The minimum Gasteiger partial charge on any atom is -0.261 e. The molecule has 16 heavy (non-hydrogen) atoms. The second-order valence-corrected chi connectivity index (χ2v) is 3.69. The summed E-state index contributed by atoms with van der Waals surface area (Å²) < 4.78 is 0. The van der Waals surface area contributed by atoms with Crippen LogP contribution in [0.2, 0.25) is 0 Å². The Kier molecular flexibility index (Phi) is 2.65. The lowest BCUT2D eigenvalue weighted by Gasteiger charge is -2.20. The third kappa shape index (κ3) is 1.66. The van der Waals surface area contributed by atoms with Gasteiger partial charge in [0.05, 0.1) is 18.0 Å². The van der Waals surface area contributed by atoms with Gasteiger partial charge in [0.25, 0.3) is 0 Å². The molecule has 0 saturated heterocycles. The molecule has 2 aromatic rings. The van der Waals surface area contributed by atoms with Crippen LogP contribution in [-0.2, 0) is 5.41 Å². The molecule has 0 bridgehead atoms. The lowest BCUT2D eigenvalue weighted by molar-refractivity contribution is 0.703. The summed E-state index contributed by atoms with van der Waals surface area (Å²) in [5.41, 5.74) is 0.858. The summed E-state index contributed by atoms with van der Waals surface area (Å²) in [6, 6.07) is 11.9. The van der Waals surface area contributed by atoms with Gasteiger partial charge in [0.15, 0.2) is 0 Å². The maximum Gasteiger partial charge on any atom is 0.123 e. The van der Waals surface area contributed by atoms with Crippen molar-refractivity contribution in [2.75, 3.05) is 0 Å². The molecule has 78 valence electrons. The van der Waals surface area contributed by atoms with E-state index in [-0.39, 0.29) is 0 Å². The lowest BCUT2D eigenvalue weighted by Crippen LogP contribution is -2.22. The van der Waals surface area contributed by atoms with Gasteiger partial charge in [-0.3, -0.25) is 9.97 Å². The standard InChI is InChI=1S/C13H11N3/c1-13(10-14,11-5-3-2-4-6-11)12-9-15-7-8-16-12/h2-9H,1H3. The Morgan fingerprint density at radius 2 is 1.94 bits per heavy atom. The van der Waals surface area contributed by atoms with Gasteiger partial charge in [0, 0.05) is 12.4 Å². The van der Waals surface area contributed by atoms with Gasteiger partial charge >= 0.3 is 0 Å². The minimum absolute atomic E-state index is 0.670. The molecule has 0 radical (unpaired) electrons. The molecule has 1 atom stereocenters. The number of nitrogens with zero attached hydrogens (tertiary/aromatic N) is 3. The highest BCUT2D eigenvalue weighted by Crippen LogP contribution is 2.28. The van der Waals surface area contributed by atoms with E-state index in [9.17, 15) is 5.26 Å². The van der Waals surface area contributed by atoms with Gasteiger partial charge in [-0.25, -0.2) is 0 Å². The zero-order valence-electron chi connectivity index (χ0n) is 8.96. The average Bonchev–Trinajstić information content (AvgIpc) is 2.40. The Hall–Kier alpha value is -2.21. The van der Waals surface area contributed by atoms with Crippen molar-refractivity contribution in [1.29, 1.82) is 5.26 Å². The molecule has 0 N–H and O–H groups in total. The fourth-order valence-corrected chi connectivity index (χ4v) is 1.60. The van der Waals surface area contributed by atoms with Crippen molar-refractivity contribution in [3.05, 3.63) is 60.2 Å². The van der Waals surface area contributed by atoms with Crippen LogP contribution in [0, 0.1) is 11.3 Å². The van der Waals surface area contributed by atoms with Gasteiger partial charge in [0.1, 0.15) is 5.41 Å². The quantitative estimate of drug-likeness (QED) is 0.762. The van der Waals surface area contributed by atoms with E-state index < -0.39 is 5.41 Å². The number of hydrogen-bond donors (Lipinski definition) is 0. The van der Waals surface area contributed by atoms with E-state index in [0.717, 1.165) is 5.56 Å². The van der Waals surface area contributed by atoms with Gasteiger partial charge in [-0.15, -0.1) is 0 Å². The number of aromatic nitrogens is 2. The van der Waals surface area contributed by atoms with Crippen LogP contribution in [0.4, 0.5) is 0 Å². The van der Waals surface area contributed by atoms with Gasteiger partial charge in [-0.2, -0.15) is 5.26 Å². The van der Waals surface area contributed by atoms with Crippen LogP contribution >= 0.6 is 0 Å². The van der Waals surface area contributed by atoms with Crippen LogP contribution in [0.25, 0.3) is 0 Å². The molecule has 0 saturated carbocycles. The molecule has 0 amide bonds. The number of rotatable bonds is 2. The summed E-state index contributed by atoms with van der Waals surface area (Å²) in [4.78, 5) is 8.22. The van der Waals surface area contributed by atoms with Gasteiger partial charge in [-0.1, -0.05) is 30.3 Å². The Bertz CT molecular complexity index is 460. The molecule has 1 aromatic heterocycles. The lowest BCUT2D eigenvalue weighted by atomic mass is 9.81. The second-order valence-electron chi connectivity index (χ2n) is 3.69. The first-order valence-corrected chi connectivity index (χ1v) is 5.00. The largest absolute Gasteiger partial charge is 0.261 e. The first kappa shape index (κ1) is 10.3. The summed E-state index contributed by atoms with van der Waals surface area (Å²) in [5, 5.41) is 9.37. The van der Waals surface area contributed by atoms with E-state index in [4.69, 9.17) is 0 Å². The molecule has 0 aliphatic carbocycles. The topological polar surface area (TPSA) is 49.6 Å². The summed E-state index contributed by atoms with van der Waals surface area (Å²) in [5.74, 6) is 0. The summed E-state index contributed by atoms with van der Waals surface area (Å²) >= 11 is 0. The summed E-state index contributed by atoms with van der Waals surface area (Å²) in [7, 11) is 0. The van der Waals surface area contributed by atoms with E-state index in [0.29, 0.717) is 5.69 Å². The number of nitriles is 1.